The Balaban J connectivity index is 2.69. The third-order valence-corrected chi connectivity index (χ3v) is 2.46. The quantitative estimate of drug-likeness (QED) is 0.597. The number of methoxy groups -OCH3 is 1. The van der Waals surface area contributed by atoms with Crippen molar-refractivity contribution in [3.63, 3.8) is 0 Å². The molecule has 0 aliphatic carbocycles. The Morgan fingerprint density at radius 1 is 1.44 bits per heavy atom. The maximum absolute atomic E-state index is 10.9. The van der Waals surface area contributed by atoms with Crippen LogP contribution in [0, 0.1) is 0 Å². The van der Waals surface area contributed by atoms with E-state index in [4.69, 9.17) is 14.6 Å². The molecule has 0 amide bonds. The predicted molar refractivity (Wildman–Crippen MR) is 69.0 cm³/mol. The normalized spacial score (nSPS) is 10.1. The summed E-state index contributed by atoms with van der Waals surface area (Å²) in [5.74, 6) is -0.323. The van der Waals surface area contributed by atoms with E-state index in [2.05, 4.69) is 6.58 Å². The first-order valence-corrected chi connectivity index (χ1v) is 5.67. The molecule has 0 unspecified atom stereocenters. The van der Waals surface area contributed by atoms with Crippen molar-refractivity contribution in [1.29, 1.82) is 0 Å². The first kappa shape index (κ1) is 14.3. The van der Waals surface area contributed by atoms with E-state index in [9.17, 15) is 4.79 Å². The fourth-order valence-corrected chi connectivity index (χ4v) is 1.45. The third-order valence-electron chi connectivity index (χ3n) is 2.46. The summed E-state index contributed by atoms with van der Waals surface area (Å²) < 4.78 is 10.6. The lowest BCUT2D eigenvalue weighted by molar-refractivity contribution is 0.0696. The van der Waals surface area contributed by atoms with E-state index in [0.717, 1.165) is 17.6 Å². The van der Waals surface area contributed by atoms with E-state index in [-0.39, 0.29) is 5.56 Å². The van der Waals surface area contributed by atoms with Crippen molar-refractivity contribution in [2.24, 2.45) is 0 Å². The highest BCUT2D eigenvalue weighted by Gasteiger charge is 2.08. The second-order valence-corrected chi connectivity index (χ2v) is 4.09. The lowest BCUT2D eigenvalue weighted by atomic mass is 10.1. The minimum atomic E-state index is -0.958. The summed E-state index contributed by atoms with van der Waals surface area (Å²) in [6, 6.07) is 4.72. The molecule has 0 atom stereocenters. The van der Waals surface area contributed by atoms with Crippen LogP contribution in [0.4, 0.5) is 0 Å². The van der Waals surface area contributed by atoms with Gasteiger partial charge in [-0.05, 0) is 31.5 Å². The molecule has 0 heterocycles. The molecule has 0 saturated heterocycles. The molecule has 0 spiro atoms. The Labute approximate surface area is 107 Å². The summed E-state index contributed by atoms with van der Waals surface area (Å²) in [7, 11) is 1.55. The van der Waals surface area contributed by atoms with Crippen LogP contribution in [0.3, 0.4) is 0 Å². The summed E-state index contributed by atoms with van der Waals surface area (Å²) in [6.45, 7) is 6.62. The van der Waals surface area contributed by atoms with E-state index in [0.29, 0.717) is 19.0 Å². The predicted octanol–water partition coefficient (Wildman–Crippen LogP) is 2.88. The van der Waals surface area contributed by atoms with Gasteiger partial charge in [0.05, 0.1) is 25.9 Å². The van der Waals surface area contributed by atoms with E-state index in [1.54, 1.807) is 19.2 Å². The molecule has 0 saturated carbocycles. The Hall–Kier alpha value is -1.81. The first-order valence-electron chi connectivity index (χ1n) is 5.67. The van der Waals surface area contributed by atoms with Gasteiger partial charge in [-0.25, -0.2) is 4.79 Å². The summed E-state index contributed by atoms with van der Waals surface area (Å²) in [5, 5.41) is 8.92. The van der Waals surface area contributed by atoms with Gasteiger partial charge >= 0.3 is 5.97 Å². The van der Waals surface area contributed by atoms with Crippen LogP contribution < -0.4 is 4.74 Å². The van der Waals surface area contributed by atoms with Gasteiger partial charge in [0.25, 0.3) is 0 Å². The van der Waals surface area contributed by atoms with Crippen molar-refractivity contribution in [2.75, 3.05) is 13.7 Å². The molecule has 98 valence electrons. The van der Waals surface area contributed by atoms with Crippen LogP contribution in [0.5, 0.6) is 5.75 Å². The molecule has 0 radical (unpaired) electrons. The minimum absolute atomic E-state index is 0.231. The number of aromatic carboxylic acids is 1. The first-order chi connectivity index (χ1) is 8.54. The van der Waals surface area contributed by atoms with Gasteiger partial charge in [-0.1, -0.05) is 5.57 Å². The van der Waals surface area contributed by atoms with Gasteiger partial charge in [0.1, 0.15) is 5.75 Å². The van der Waals surface area contributed by atoms with Gasteiger partial charge in [-0.3, -0.25) is 0 Å². The molecule has 1 aromatic carbocycles. The Morgan fingerprint density at radius 2 is 2.17 bits per heavy atom. The summed E-state index contributed by atoms with van der Waals surface area (Å²) in [5.41, 5.74) is 2.02. The number of benzene rings is 1. The standard InChI is InChI=1S/C14H18O4/c1-10(2)6-7-18-9-12-8-11(14(15)16)4-5-13(12)17-3/h4-5,8H,1,6-7,9H2,2-3H3,(H,15,16). The van der Waals surface area contributed by atoms with Crippen molar-refractivity contribution in [1.82, 2.24) is 0 Å². The lowest BCUT2D eigenvalue weighted by Crippen LogP contribution is -2.02. The zero-order chi connectivity index (χ0) is 13.5. The highest BCUT2D eigenvalue weighted by molar-refractivity contribution is 5.88. The zero-order valence-electron chi connectivity index (χ0n) is 10.7. The van der Waals surface area contributed by atoms with Crippen molar-refractivity contribution in [2.45, 2.75) is 20.0 Å². The van der Waals surface area contributed by atoms with Crippen LogP contribution >= 0.6 is 0 Å². The molecule has 1 aromatic rings. The van der Waals surface area contributed by atoms with Crippen molar-refractivity contribution < 1.29 is 19.4 Å². The van der Waals surface area contributed by atoms with E-state index in [1.165, 1.54) is 6.07 Å². The molecule has 0 aliphatic rings. The summed E-state index contributed by atoms with van der Waals surface area (Å²) in [6.07, 6.45) is 0.793. The van der Waals surface area contributed by atoms with E-state index < -0.39 is 5.97 Å². The molecule has 0 bridgehead atoms. The van der Waals surface area contributed by atoms with Crippen molar-refractivity contribution in [3.05, 3.63) is 41.5 Å². The molecule has 0 fully saturated rings. The summed E-state index contributed by atoms with van der Waals surface area (Å²) >= 11 is 0. The number of hydrogen-bond acceptors (Lipinski definition) is 3. The largest absolute Gasteiger partial charge is 0.496 e. The maximum atomic E-state index is 10.9. The average Bonchev–Trinajstić information content (AvgIpc) is 2.34. The number of carboxylic acid groups (broad SMARTS) is 1. The molecular formula is C14H18O4. The second kappa shape index (κ2) is 6.81. The molecule has 4 nitrogen and oxygen atoms in total. The van der Waals surface area contributed by atoms with Gasteiger partial charge < -0.3 is 14.6 Å². The van der Waals surface area contributed by atoms with Crippen LogP contribution in [0.1, 0.15) is 29.3 Å². The Morgan fingerprint density at radius 3 is 2.72 bits per heavy atom. The molecule has 1 N–H and O–H groups in total. The highest BCUT2D eigenvalue weighted by Crippen LogP contribution is 2.21. The smallest absolute Gasteiger partial charge is 0.335 e. The topological polar surface area (TPSA) is 55.8 Å². The molecule has 1 rings (SSSR count). The van der Waals surface area contributed by atoms with Gasteiger partial charge in [0.2, 0.25) is 0 Å². The SMILES string of the molecule is C=C(C)CCOCc1cc(C(=O)O)ccc1OC. The molecule has 4 heteroatoms. The fraction of sp³-hybridized carbons (Fsp3) is 0.357. The molecule has 18 heavy (non-hydrogen) atoms. The van der Waals surface area contributed by atoms with Gasteiger partial charge in [0, 0.05) is 5.56 Å². The van der Waals surface area contributed by atoms with E-state index >= 15 is 0 Å². The van der Waals surface area contributed by atoms with E-state index in [1.807, 2.05) is 6.92 Å². The van der Waals surface area contributed by atoms with Gasteiger partial charge in [-0.2, -0.15) is 0 Å². The Bertz CT molecular complexity index is 437. The lowest BCUT2D eigenvalue weighted by Gasteiger charge is -2.10. The number of carbonyl (C=O) groups is 1. The zero-order valence-corrected chi connectivity index (χ0v) is 10.7. The second-order valence-electron chi connectivity index (χ2n) is 4.09. The van der Waals surface area contributed by atoms with Crippen molar-refractivity contribution in [3.8, 4) is 5.75 Å². The highest BCUT2D eigenvalue weighted by atomic mass is 16.5. The van der Waals surface area contributed by atoms with Crippen LogP contribution in [-0.4, -0.2) is 24.8 Å². The van der Waals surface area contributed by atoms with Crippen molar-refractivity contribution >= 4 is 5.97 Å². The number of ether oxygens (including phenoxy) is 2. The number of hydrogen-bond donors (Lipinski definition) is 1. The number of rotatable bonds is 7. The van der Waals surface area contributed by atoms with Crippen LogP contribution in [0.25, 0.3) is 0 Å². The molecular weight excluding hydrogens is 232 g/mol. The van der Waals surface area contributed by atoms with Crippen LogP contribution in [0.15, 0.2) is 30.4 Å². The average molecular weight is 250 g/mol. The minimum Gasteiger partial charge on any atom is -0.496 e. The summed E-state index contributed by atoms with van der Waals surface area (Å²) in [4.78, 5) is 10.9. The van der Waals surface area contributed by atoms with Crippen LogP contribution in [-0.2, 0) is 11.3 Å². The monoisotopic (exact) mass is 250 g/mol. The molecule has 0 aliphatic heterocycles. The van der Waals surface area contributed by atoms with Gasteiger partial charge in [-0.15, -0.1) is 6.58 Å². The number of carboxylic acids is 1. The van der Waals surface area contributed by atoms with Crippen LogP contribution in [0.2, 0.25) is 0 Å². The third kappa shape index (κ3) is 4.22. The maximum Gasteiger partial charge on any atom is 0.335 e. The Kier molecular flexibility index (Phi) is 5.39. The molecule has 0 aromatic heterocycles. The van der Waals surface area contributed by atoms with Gasteiger partial charge in [0.15, 0.2) is 0 Å². The fourth-order valence-electron chi connectivity index (χ4n) is 1.45.